The fourth-order valence-electron chi connectivity index (χ4n) is 2.65. The van der Waals surface area contributed by atoms with E-state index in [9.17, 15) is 4.79 Å². The van der Waals surface area contributed by atoms with Crippen molar-refractivity contribution < 1.29 is 9.90 Å². The highest BCUT2D eigenvalue weighted by Gasteiger charge is 2.37. The van der Waals surface area contributed by atoms with E-state index in [1.165, 1.54) is 12.8 Å². The quantitative estimate of drug-likeness (QED) is 0.796. The third kappa shape index (κ3) is 3.96. The van der Waals surface area contributed by atoms with Crippen LogP contribution in [0.2, 0.25) is 0 Å². The van der Waals surface area contributed by atoms with Crippen molar-refractivity contribution in [3.63, 3.8) is 0 Å². The Bertz CT molecular complexity index is 266. The van der Waals surface area contributed by atoms with Crippen molar-refractivity contribution in [1.82, 2.24) is 9.80 Å². The van der Waals surface area contributed by atoms with Crippen LogP contribution in [-0.2, 0) is 4.79 Å². The first-order valence-electron chi connectivity index (χ1n) is 6.54. The van der Waals surface area contributed by atoms with Crippen molar-refractivity contribution in [2.24, 2.45) is 0 Å². The lowest BCUT2D eigenvalue weighted by atomic mass is 9.94. The van der Waals surface area contributed by atoms with Gasteiger partial charge in [0.2, 0.25) is 0 Å². The van der Waals surface area contributed by atoms with Crippen molar-refractivity contribution in [2.75, 3.05) is 26.7 Å². The zero-order valence-electron chi connectivity index (χ0n) is 11.6. The van der Waals surface area contributed by atoms with Gasteiger partial charge in [0.15, 0.2) is 0 Å². The second-order valence-electron chi connectivity index (χ2n) is 5.78. The SMILES string of the molecule is CCCCN1CC(CC(=O)O)N(C)CC1(C)C. The molecule has 0 radical (unpaired) electrons. The highest BCUT2D eigenvalue weighted by molar-refractivity contribution is 5.67. The van der Waals surface area contributed by atoms with E-state index in [4.69, 9.17) is 5.11 Å². The van der Waals surface area contributed by atoms with Gasteiger partial charge in [0.05, 0.1) is 6.42 Å². The highest BCUT2D eigenvalue weighted by Crippen LogP contribution is 2.25. The molecule has 0 amide bonds. The molecule has 1 fully saturated rings. The van der Waals surface area contributed by atoms with Crippen LogP contribution in [0.3, 0.4) is 0 Å². The lowest BCUT2D eigenvalue weighted by molar-refractivity contribution is -0.139. The molecule has 0 bridgehead atoms. The monoisotopic (exact) mass is 242 g/mol. The minimum Gasteiger partial charge on any atom is -0.481 e. The summed E-state index contributed by atoms with van der Waals surface area (Å²) in [5.74, 6) is -0.697. The molecule has 1 atom stereocenters. The summed E-state index contributed by atoms with van der Waals surface area (Å²) in [5.41, 5.74) is 0.152. The average Bonchev–Trinajstić information content (AvgIpc) is 2.19. The van der Waals surface area contributed by atoms with E-state index in [0.717, 1.165) is 19.6 Å². The number of hydrogen-bond acceptors (Lipinski definition) is 3. The number of carboxylic acid groups (broad SMARTS) is 1. The summed E-state index contributed by atoms with van der Waals surface area (Å²) >= 11 is 0. The first-order chi connectivity index (χ1) is 7.86. The number of aliphatic carboxylic acids is 1. The summed E-state index contributed by atoms with van der Waals surface area (Å²) in [6.45, 7) is 9.57. The lowest BCUT2D eigenvalue weighted by Gasteiger charge is -2.50. The lowest BCUT2D eigenvalue weighted by Crippen LogP contribution is -2.62. The van der Waals surface area contributed by atoms with Crippen LogP contribution in [0.15, 0.2) is 0 Å². The summed E-state index contributed by atoms with van der Waals surface area (Å²) in [5, 5.41) is 8.93. The molecule has 4 nitrogen and oxygen atoms in total. The average molecular weight is 242 g/mol. The van der Waals surface area contributed by atoms with Crippen molar-refractivity contribution in [3.8, 4) is 0 Å². The zero-order chi connectivity index (χ0) is 13.1. The molecule has 17 heavy (non-hydrogen) atoms. The van der Waals surface area contributed by atoms with Crippen LogP contribution in [0.4, 0.5) is 0 Å². The summed E-state index contributed by atoms with van der Waals surface area (Å²) < 4.78 is 0. The van der Waals surface area contributed by atoms with Crippen molar-refractivity contribution >= 4 is 5.97 Å². The Labute approximate surface area is 105 Å². The molecule has 1 unspecified atom stereocenters. The summed E-state index contributed by atoms with van der Waals surface area (Å²) in [4.78, 5) is 15.5. The zero-order valence-corrected chi connectivity index (χ0v) is 11.6. The smallest absolute Gasteiger partial charge is 0.304 e. The Morgan fingerprint density at radius 3 is 2.65 bits per heavy atom. The molecule has 0 aromatic heterocycles. The van der Waals surface area contributed by atoms with Crippen molar-refractivity contribution in [3.05, 3.63) is 0 Å². The molecule has 100 valence electrons. The number of unbranched alkanes of at least 4 members (excludes halogenated alkanes) is 1. The van der Waals surface area contributed by atoms with Gasteiger partial charge >= 0.3 is 5.97 Å². The van der Waals surface area contributed by atoms with Crippen molar-refractivity contribution in [1.29, 1.82) is 0 Å². The Kier molecular flexibility index (Phi) is 4.95. The molecule has 1 aliphatic heterocycles. The molecule has 1 aliphatic rings. The first kappa shape index (κ1) is 14.5. The maximum atomic E-state index is 10.8. The molecule has 0 spiro atoms. The number of piperazine rings is 1. The Balaban J connectivity index is 2.64. The Morgan fingerprint density at radius 1 is 1.47 bits per heavy atom. The van der Waals surface area contributed by atoms with Crippen LogP contribution in [0, 0.1) is 0 Å². The van der Waals surface area contributed by atoms with Gasteiger partial charge < -0.3 is 5.11 Å². The minimum atomic E-state index is -0.697. The Hall–Kier alpha value is -0.610. The summed E-state index contributed by atoms with van der Waals surface area (Å²) in [6, 6.07) is 0.150. The van der Waals surface area contributed by atoms with E-state index in [0.29, 0.717) is 0 Å². The summed E-state index contributed by atoms with van der Waals surface area (Å²) in [7, 11) is 2.03. The van der Waals surface area contributed by atoms with Crippen LogP contribution in [0.5, 0.6) is 0 Å². The summed E-state index contributed by atoms with van der Waals surface area (Å²) in [6.07, 6.45) is 2.62. The maximum Gasteiger partial charge on any atom is 0.304 e. The molecule has 0 aliphatic carbocycles. The number of hydrogen-bond donors (Lipinski definition) is 1. The van der Waals surface area contributed by atoms with E-state index in [1.807, 2.05) is 7.05 Å². The van der Waals surface area contributed by atoms with Gasteiger partial charge in [0, 0.05) is 24.7 Å². The molecular weight excluding hydrogens is 216 g/mol. The minimum absolute atomic E-state index is 0.150. The largest absolute Gasteiger partial charge is 0.481 e. The van der Waals surface area contributed by atoms with Gasteiger partial charge in [-0.1, -0.05) is 13.3 Å². The van der Waals surface area contributed by atoms with Crippen LogP contribution < -0.4 is 0 Å². The van der Waals surface area contributed by atoms with E-state index in [1.54, 1.807) is 0 Å². The second-order valence-corrected chi connectivity index (χ2v) is 5.78. The van der Waals surface area contributed by atoms with E-state index in [2.05, 4.69) is 30.6 Å². The third-order valence-corrected chi connectivity index (χ3v) is 3.74. The number of nitrogens with zero attached hydrogens (tertiary/aromatic N) is 2. The fourth-order valence-corrected chi connectivity index (χ4v) is 2.65. The van der Waals surface area contributed by atoms with Gasteiger partial charge in [0.25, 0.3) is 0 Å². The molecule has 1 N–H and O–H groups in total. The predicted molar refractivity (Wildman–Crippen MR) is 69.2 cm³/mol. The van der Waals surface area contributed by atoms with E-state index in [-0.39, 0.29) is 18.0 Å². The fraction of sp³-hybridized carbons (Fsp3) is 0.923. The molecule has 0 aromatic carbocycles. The van der Waals surface area contributed by atoms with Crippen LogP contribution >= 0.6 is 0 Å². The van der Waals surface area contributed by atoms with Crippen molar-refractivity contribution in [2.45, 2.75) is 51.6 Å². The molecule has 4 heteroatoms. The molecule has 0 aromatic rings. The molecule has 0 saturated carbocycles. The predicted octanol–water partition coefficient (Wildman–Crippen LogP) is 1.66. The maximum absolute atomic E-state index is 10.8. The molecule has 1 rings (SSSR count). The molecular formula is C13H26N2O2. The molecule has 1 saturated heterocycles. The highest BCUT2D eigenvalue weighted by atomic mass is 16.4. The first-order valence-corrected chi connectivity index (χ1v) is 6.54. The topological polar surface area (TPSA) is 43.8 Å². The van der Waals surface area contributed by atoms with E-state index < -0.39 is 5.97 Å². The van der Waals surface area contributed by atoms with Gasteiger partial charge in [-0.05, 0) is 33.9 Å². The number of carbonyl (C=O) groups is 1. The number of rotatable bonds is 5. The Morgan fingerprint density at radius 2 is 2.12 bits per heavy atom. The van der Waals surface area contributed by atoms with Gasteiger partial charge in [-0.25, -0.2) is 0 Å². The van der Waals surface area contributed by atoms with Gasteiger partial charge in [-0.2, -0.15) is 0 Å². The second kappa shape index (κ2) is 5.83. The standard InChI is InChI=1S/C13H26N2O2/c1-5-6-7-15-9-11(8-12(16)17)14(4)10-13(15,2)3/h11H,5-10H2,1-4H3,(H,16,17). The molecule has 1 heterocycles. The van der Waals surface area contributed by atoms with Gasteiger partial charge in [0.1, 0.15) is 0 Å². The van der Waals surface area contributed by atoms with Crippen LogP contribution in [0.25, 0.3) is 0 Å². The van der Waals surface area contributed by atoms with E-state index >= 15 is 0 Å². The third-order valence-electron chi connectivity index (χ3n) is 3.74. The van der Waals surface area contributed by atoms with Gasteiger partial charge in [-0.15, -0.1) is 0 Å². The normalized spacial score (nSPS) is 26.0. The van der Waals surface area contributed by atoms with Crippen LogP contribution in [-0.4, -0.2) is 59.1 Å². The van der Waals surface area contributed by atoms with Gasteiger partial charge in [-0.3, -0.25) is 14.6 Å². The number of carboxylic acids is 1. The number of likely N-dealkylation sites (N-methyl/N-ethyl adjacent to an activating group) is 1. The van der Waals surface area contributed by atoms with Crippen LogP contribution in [0.1, 0.15) is 40.0 Å².